The Morgan fingerprint density at radius 2 is 1.57 bits per heavy atom. The molecule has 5 heteroatoms. The summed E-state index contributed by atoms with van der Waals surface area (Å²) in [5.41, 5.74) is 2.29. The number of carbonyl (C=O) groups excluding carboxylic acids is 1. The summed E-state index contributed by atoms with van der Waals surface area (Å²) >= 11 is 0. The highest BCUT2D eigenvalue weighted by molar-refractivity contribution is 6.02. The zero-order valence-corrected chi connectivity index (χ0v) is 11.0. The van der Waals surface area contributed by atoms with Crippen molar-refractivity contribution in [2.24, 2.45) is 5.10 Å². The van der Waals surface area contributed by atoms with Crippen LogP contribution in [0.2, 0.25) is 0 Å². The van der Waals surface area contributed by atoms with Crippen LogP contribution in [0.4, 0.5) is 8.78 Å². The van der Waals surface area contributed by atoms with Gasteiger partial charge in [-0.15, -0.1) is 0 Å². The second-order valence-electron chi connectivity index (χ2n) is 4.81. The highest BCUT2D eigenvalue weighted by Gasteiger charge is 2.28. The van der Waals surface area contributed by atoms with Gasteiger partial charge in [-0.25, -0.2) is 13.8 Å². The van der Waals surface area contributed by atoms with Crippen LogP contribution in [-0.2, 0) is 4.79 Å². The molecule has 0 aromatic heterocycles. The predicted octanol–water partition coefficient (Wildman–Crippen LogP) is 3.27. The zero-order valence-electron chi connectivity index (χ0n) is 11.0. The largest absolute Gasteiger partial charge is 0.277 e. The molecule has 0 radical (unpaired) electrons. The molecule has 1 aliphatic heterocycles. The molecule has 3 nitrogen and oxygen atoms in total. The minimum Gasteiger partial charge on any atom is -0.277 e. The lowest BCUT2D eigenvalue weighted by molar-refractivity contribution is -0.119. The number of nitrogens with zero attached hydrogens (tertiary/aromatic N) is 2. The molecule has 1 atom stereocenters. The molecule has 1 unspecified atom stereocenters. The molecular formula is C16H12F2N2O. The van der Waals surface area contributed by atoms with E-state index >= 15 is 0 Å². The molecule has 0 saturated carbocycles. The first-order valence-electron chi connectivity index (χ1n) is 6.50. The van der Waals surface area contributed by atoms with Gasteiger partial charge >= 0.3 is 0 Å². The Kier molecular flexibility index (Phi) is 3.48. The molecule has 1 aliphatic rings. The van der Waals surface area contributed by atoms with Crippen LogP contribution in [0.25, 0.3) is 0 Å². The molecule has 21 heavy (non-hydrogen) atoms. The molecule has 0 saturated heterocycles. The Hall–Kier alpha value is -2.56. The van der Waals surface area contributed by atoms with Crippen molar-refractivity contribution in [2.45, 2.75) is 12.5 Å². The second kappa shape index (κ2) is 5.44. The summed E-state index contributed by atoms with van der Waals surface area (Å²) in [6.07, 6.45) is 1.15. The van der Waals surface area contributed by atoms with Gasteiger partial charge in [-0.2, -0.15) is 5.10 Å². The molecule has 1 heterocycles. The average molecular weight is 286 g/mol. The fraction of sp³-hybridized carbons (Fsp3) is 0.125. The van der Waals surface area contributed by atoms with Crippen LogP contribution in [-0.4, -0.2) is 17.1 Å². The van der Waals surface area contributed by atoms with E-state index in [1.54, 1.807) is 24.3 Å². The summed E-state index contributed by atoms with van der Waals surface area (Å²) in [5, 5.41) is 5.56. The molecule has 0 aliphatic carbocycles. The fourth-order valence-corrected chi connectivity index (χ4v) is 2.40. The van der Waals surface area contributed by atoms with Gasteiger partial charge in [0.15, 0.2) is 0 Å². The third-order valence-electron chi connectivity index (χ3n) is 3.48. The Morgan fingerprint density at radius 1 is 1.00 bits per heavy atom. The van der Waals surface area contributed by atoms with Crippen LogP contribution in [0.15, 0.2) is 53.6 Å². The third kappa shape index (κ3) is 2.67. The van der Waals surface area contributed by atoms with Gasteiger partial charge in [-0.1, -0.05) is 24.3 Å². The van der Waals surface area contributed by atoms with E-state index in [-0.39, 0.29) is 17.7 Å². The van der Waals surface area contributed by atoms with E-state index in [1.165, 1.54) is 29.3 Å². The fourth-order valence-electron chi connectivity index (χ4n) is 2.40. The Balaban J connectivity index is 1.88. The lowest BCUT2D eigenvalue weighted by Gasteiger charge is -2.17. The molecule has 106 valence electrons. The van der Waals surface area contributed by atoms with Gasteiger partial charge in [-0.3, -0.25) is 4.79 Å². The van der Waals surface area contributed by atoms with Crippen molar-refractivity contribution >= 4 is 12.1 Å². The smallest absolute Gasteiger partial charge is 0.230 e. The molecule has 2 aromatic rings. The normalized spacial score (nSPS) is 17.7. The summed E-state index contributed by atoms with van der Waals surface area (Å²) < 4.78 is 25.9. The van der Waals surface area contributed by atoms with Gasteiger partial charge in [0.25, 0.3) is 0 Å². The van der Waals surface area contributed by atoms with E-state index in [2.05, 4.69) is 5.10 Å². The summed E-state index contributed by atoms with van der Waals surface area (Å²) in [6.45, 7) is 0. The first kappa shape index (κ1) is 13.4. The minimum absolute atomic E-state index is 0.261. The molecule has 2 aromatic carbocycles. The van der Waals surface area contributed by atoms with Crippen molar-refractivity contribution in [3.05, 3.63) is 71.3 Å². The molecule has 0 N–H and O–H groups in total. The van der Waals surface area contributed by atoms with Gasteiger partial charge in [0.2, 0.25) is 6.41 Å². The number of benzene rings is 2. The molecule has 3 rings (SSSR count). The maximum atomic E-state index is 13.0. The average Bonchev–Trinajstić information content (AvgIpc) is 2.93. The van der Waals surface area contributed by atoms with Crippen LogP contribution < -0.4 is 0 Å². The second-order valence-corrected chi connectivity index (χ2v) is 4.81. The number of hydrogen-bond donors (Lipinski definition) is 0. The van der Waals surface area contributed by atoms with Gasteiger partial charge in [0.05, 0.1) is 11.8 Å². The quantitative estimate of drug-likeness (QED) is 0.797. The SMILES string of the molecule is O=CN1N=C(c2ccc(F)cc2)CC1c1ccc(F)cc1. The first-order chi connectivity index (χ1) is 10.2. The van der Waals surface area contributed by atoms with Gasteiger partial charge in [0, 0.05) is 6.42 Å². The summed E-state index contributed by atoms with van der Waals surface area (Å²) in [6, 6.07) is 11.7. The third-order valence-corrected chi connectivity index (χ3v) is 3.48. The van der Waals surface area contributed by atoms with Gasteiger partial charge in [-0.05, 0) is 35.4 Å². The molecule has 1 amide bonds. The van der Waals surface area contributed by atoms with Crippen molar-refractivity contribution in [3.63, 3.8) is 0 Å². The number of hydrogen-bond acceptors (Lipinski definition) is 2. The van der Waals surface area contributed by atoms with Crippen LogP contribution in [0.5, 0.6) is 0 Å². The lowest BCUT2D eigenvalue weighted by Crippen LogP contribution is -2.17. The number of rotatable bonds is 3. The van der Waals surface area contributed by atoms with Crippen LogP contribution in [0.3, 0.4) is 0 Å². The summed E-state index contributed by atoms with van der Waals surface area (Å²) in [4.78, 5) is 11.2. The van der Waals surface area contributed by atoms with E-state index in [9.17, 15) is 13.6 Å². The Bertz CT molecular complexity index is 680. The van der Waals surface area contributed by atoms with Crippen molar-refractivity contribution in [2.75, 3.05) is 0 Å². The molecule has 0 spiro atoms. The van der Waals surface area contributed by atoms with Crippen LogP contribution in [0, 0.1) is 11.6 Å². The van der Waals surface area contributed by atoms with E-state index in [1.807, 2.05) is 0 Å². The van der Waals surface area contributed by atoms with Crippen molar-refractivity contribution in [3.8, 4) is 0 Å². The topological polar surface area (TPSA) is 32.7 Å². The van der Waals surface area contributed by atoms with Crippen molar-refractivity contribution in [1.29, 1.82) is 0 Å². The maximum absolute atomic E-state index is 13.0. The Labute approximate surface area is 120 Å². The van der Waals surface area contributed by atoms with Gasteiger partial charge in [0.1, 0.15) is 11.6 Å². The number of hydrazone groups is 1. The van der Waals surface area contributed by atoms with E-state index in [4.69, 9.17) is 0 Å². The number of carbonyl (C=O) groups is 1. The zero-order chi connectivity index (χ0) is 14.8. The van der Waals surface area contributed by atoms with Crippen LogP contribution >= 0.6 is 0 Å². The number of amides is 1. The monoisotopic (exact) mass is 286 g/mol. The number of halogens is 2. The van der Waals surface area contributed by atoms with E-state index < -0.39 is 0 Å². The highest BCUT2D eigenvalue weighted by Crippen LogP contribution is 2.31. The molecule has 0 bridgehead atoms. The molecule has 0 fully saturated rings. The highest BCUT2D eigenvalue weighted by atomic mass is 19.1. The first-order valence-corrected chi connectivity index (χ1v) is 6.50. The van der Waals surface area contributed by atoms with Gasteiger partial charge < -0.3 is 0 Å². The summed E-state index contributed by atoms with van der Waals surface area (Å²) in [5.74, 6) is -0.645. The van der Waals surface area contributed by atoms with E-state index in [0.29, 0.717) is 18.5 Å². The Morgan fingerprint density at radius 3 is 2.14 bits per heavy atom. The lowest BCUT2D eigenvalue weighted by atomic mass is 9.98. The minimum atomic E-state index is -0.325. The van der Waals surface area contributed by atoms with Crippen molar-refractivity contribution < 1.29 is 13.6 Å². The summed E-state index contributed by atoms with van der Waals surface area (Å²) in [7, 11) is 0. The van der Waals surface area contributed by atoms with Crippen molar-refractivity contribution in [1.82, 2.24) is 5.01 Å². The predicted molar refractivity (Wildman–Crippen MR) is 74.6 cm³/mol. The maximum Gasteiger partial charge on any atom is 0.230 e. The van der Waals surface area contributed by atoms with Crippen LogP contribution in [0.1, 0.15) is 23.6 Å². The molecular weight excluding hydrogens is 274 g/mol. The standard InChI is InChI=1S/C16H12F2N2O/c17-13-5-1-11(2-6-13)15-9-16(20(10-21)19-15)12-3-7-14(18)8-4-12/h1-8,10,16H,9H2. The van der Waals surface area contributed by atoms with E-state index in [0.717, 1.165) is 11.1 Å².